The fraction of sp³-hybridized carbons (Fsp3) is 0.167. The Morgan fingerprint density at radius 3 is 2.54 bits per heavy atom. The first-order valence-electron chi connectivity index (χ1n) is 7.89. The molecule has 0 radical (unpaired) electrons. The maximum Gasteiger partial charge on any atom is 0.404 e. The van der Waals surface area contributed by atoms with Crippen molar-refractivity contribution < 1.29 is 23.1 Å². The molecule has 0 aliphatic rings. The van der Waals surface area contributed by atoms with Crippen LogP contribution in [0.25, 0.3) is 10.9 Å². The fourth-order valence-electron chi connectivity index (χ4n) is 2.89. The predicted octanol–water partition coefficient (Wildman–Crippen LogP) is 2.70. The summed E-state index contributed by atoms with van der Waals surface area (Å²) >= 11 is 0. The topological polar surface area (TPSA) is 97.6 Å². The first-order valence-corrected chi connectivity index (χ1v) is 9.33. The largest absolute Gasteiger partial charge is 0.496 e. The van der Waals surface area contributed by atoms with Gasteiger partial charge in [-0.1, -0.05) is 18.2 Å². The Balaban J connectivity index is 2.09. The number of carbonyl (C=O) groups is 1. The van der Waals surface area contributed by atoms with Crippen LogP contribution in [0.2, 0.25) is 0 Å². The molecule has 0 spiro atoms. The van der Waals surface area contributed by atoms with Gasteiger partial charge in [0, 0.05) is 23.7 Å². The Bertz CT molecular complexity index is 1040. The van der Waals surface area contributed by atoms with Crippen molar-refractivity contribution in [2.75, 3.05) is 13.7 Å². The molecule has 1 amide bonds. The van der Waals surface area contributed by atoms with Crippen LogP contribution in [-0.2, 0) is 16.4 Å². The zero-order valence-electron chi connectivity index (χ0n) is 14.0. The fourth-order valence-corrected chi connectivity index (χ4v) is 4.26. The van der Waals surface area contributed by atoms with Crippen LogP contribution in [0.15, 0.2) is 59.6 Å². The Kier molecular flexibility index (Phi) is 4.85. The molecule has 136 valence electrons. The molecule has 0 atom stereocenters. The Labute approximate surface area is 150 Å². The molecule has 2 N–H and O–H groups in total. The van der Waals surface area contributed by atoms with Gasteiger partial charge in [0.2, 0.25) is 0 Å². The van der Waals surface area contributed by atoms with Gasteiger partial charge in [0.1, 0.15) is 5.75 Å². The second-order valence-corrected chi connectivity index (χ2v) is 7.41. The number of aromatic nitrogens is 1. The highest BCUT2D eigenvalue weighted by molar-refractivity contribution is 7.90. The van der Waals surface area contributed by atoms with E-state index < -0.39 is 16.1 Å². The second kappa shape index (κ2) is 7.09. The summed E-state index contributed by atoms with van der Waals surface area (Å²) < 4.78 is 32.4. The SMILES string of the molecule is COc1ccc2c(ccn2S(=O)(=O)c2ccccc2)c1CCNC(=O)O. The molecule has 1 aromatic heterocycles. The second-order valence-electron chi connectivity index (χ2n) is 5.59. The van der Waals surface area contributed by atoms with Crippen molar-refractivity contribution in [1.29, 1.82) is 0 Å². The number of nitrogens with zero attached hydrogens (tertiary/aromatic N) is 1. The average molecular weight is 374 g/mol. The summed E-state index contributed by atoms with van der Waals surface area (Å²) in [6.07, 6.45) is 0.767. The number of nitrogens with one attached hydrogen (secondary N) is 1. The molecule has 1 heterocycles. The summed E-state index contributed by atoms with van der Waals surface area (Å²) in [7, 11) is -2.21. The van der Waals surface area contributed by atoms with Gasteiger partial charge < -0.3 is 15.2 Å². The van der Waals surface area contributed by atoms with Crippen LogP contribution in [0.4, 0.5) is 4.79 Å². The van der Waals surface area contributed by atoms with Crippen molar-refractivity contribution in [2.45, 2.75) is 11.3 Å². The molecule has 3 aromatic rings. The van der Waals surface area contributed by atoms with Crippen molar-refractivity contribution in [3.63, 3.8) is 0 Å². The number of fused-ring (bicyclic) bond motifs is 1. The van der Waals surface area contributed by atoms with Crippen molar-refractivity contribution >= 4 is 27.0 Å². The molecule has 2 aromatic carbocycles. The van der Waals surface area contributed by atoms with E-state index in [1.807, 2.05) is 0 Å². The van der Waals surface area contributed by atoms with Gasteiger partial charge in [-0.05, 0) is 36.8 Å². The zero-order chi connectivity index (χ0) is 18.7. The molecule has 0 aliphatic heterocycles. The molecule has 0 unspecified atom stereocenters. The third-order valence-corrected chi connectivity index (χ3v) is 5.78. The molecule has 0 saturated carbocycles. The molecule has 0 fully saturated rings. The van der Waals surface area contributed by atoms with Gasteiger partial charge in [0.05, 0.1) is 17.5 Å². The number of hydrogen-bond acceptors (Lipinski definition) is 4. The van der Waals surface area contributed by atoms with Crippen LogP contribution in [0, 0.1) is 0 Å². The third kappa shape index (κ3) is 3.23. The lowest BCUT2D eigenvalue weighted by atomic mass is 10.1. The van der Waals surface area contributed by atoms with E-state index in [4.69, 9.17) is 9.84 Å². The summed E-state index contributed by atoms with van der Waals surface area (Å²) in [6.45, 7) is 0.196. The summed E-state index contributed by atoms with van der Waals surface area (Å²) in [5, 5.41) is 11.8. The van der Waals surface area contributed by atoms with Crippen LogP contribution in [0.5, 0.6) is 5.75 Å². The van der Waals surface area contributed by atoms with Gasteiger partial charge >= 0.3 is 6.09 Å². The molecule has 8 heteroatoms. The molecule has 0 bridgehead atoms. The summed E-state index contributed by atoms with van der Waals surface area (Å²) in [6, 6.07) is 13.3. The quantitative estimate of drug-likeness (QED) is 0.691. The number of carboxylic acid groups (broad SMARTS) is 1. The Morgan fingerprint density at radius 1 is 1.15 bits per heavy atom. The first kappa shape index (κ1) is 17.8. The van der Waals surface area contributed by atoms with Crippen LogP contribution < -0.4 is 10.1 Å². The number of methoxy groups -OCH3 is 1. The number of amides is 1. The minimum absolute atomic E-state index is 0.196. The smallest absolute Gasteiger partial charge is 0.404 e. The van der Waals surface area contributed by atoms with E-state index in [1.165, 1.54) is 17.3 Å². The van der Waals surface area contributed by atoms with E-state index in [2.05, 4.69) is 5.32 Å². The van der Waals surface area contributed by atoms with Crippen LogP contribution >= 0.6 is 0 Å². The van der Waals surface area contributed by atoms with Crippen molar-refractivity contribution in [1.82, 2.24) is 9.29 Å². The Morgan fingerprint density at radius 2 is 1.88 bits per heavy atom. The van der Waals surface area contributed by atoms with Crippen LogP contribution in [0.1, 0.15) is 5.56 Å². The van der Waals surface area contributed by atoms with E-state index in [9.17, 15) is 13.2 Å². The first-order chi connectivity index (χ1) is 12.4. The van der Waals surface area contributed by atoms with Crippen LogP contribution in [-0.4, -0.2) is 37.2 Å². The lowest BCUT2D eigenvalue weighted by molar-refractivity contribution is 0.194. The van der Waals surface area contributed by atoms with Gasteiger partial charge in [-0.15, -0.1) is 0 Å². The molecule has 7 nitrogen and oxygen atoms in total. The lowest BCUT2D eigenvalue weighted by Crippen LogP contribution is -2.23. The van der Waals surface area contributed by atoms with E-state index >= 15 is 0 Å². The summed E-state index contributed by atoms with van der Waals surface area (Å²) in [5.74, 6) is 0.583. The molecule has 26 heavy (non-hydrogen) atoms. The van der Waals surface area contributed by atoms with Gasteiger partial charge in [-0.2, -0.15) is 0 Å². The molecule has 3 rings (SSSR count). The maximum atomic E-state index is 12.9. The molecular weight excluding hydrogens is 356 g/mol. The molecular formula is C18H18N2O5S. The zero-order valence-corrected chi connectivity index (χ0v) is 14.9. The van der Waals surface area contributed by atoms with Crippen molar-refractivity contribution in [2.24, 2.45) is 0 Å². The van der Waals surface area contributed by atoms with Gasteiger partial charge in [-0.25, -0.2) is 17.2 Å². The van der Waals surface area contributed by atoms with E-state index in [0.29, 0.717) is 23.1 Å². The number of hydrogen-bond donors (Lipinski definition) is 2. The van der Waals surface area contributed by atoms with Crippen molar-refractivity contribution in [3.05, 3.63) is 60.3 Å². The van der Waals surface area contributed by atoms with Gasteiger partial charge in [0.25, 0.3) is 10.0 Å². The highest BCUT2D eigenvalue weighted by Crippen LogP contribution is 2.31. The van der Waals surface area contributed by atoms with Crippen LogP contribution in [0.3, 0.4) is 0 Å². The standard InChI is InChI=1S/C18H18N2O5S/c1-25-17-8-7-16-14(15(17)9-11-19-18(21)22)10-12-20(16)26(23,24)13-5-3-2-4-6-13/h2-8,10,12,19H,9,11H2,1H3,(H,21,22). The number of ether oxygens (including phenoxy) is 1. The highest BCUT2D eigenvalue weighted by Gasteiger charge is 2.20. The lowest BCUT2D eigenvalue weighted by Gasteiger charge is -2.12. The third-order valence-electron chi connectivity index (χ3n) is 4.08. The van der Waals surface area contributed by atoms with Gasteiger partial charge in [0.15, 0.2) is 0 Å². The minimum atomic E-state index is -3.73. The predicted molar refractivity (Wildman–Crippen MR) is 97.2 cm³/mol. The maximum absolute atomic E-state index is 12.9. The van der Waals surface area contributed by atoms with E-state index in [-0.39, 0.29) is 11.4 Å². The normalized spacial score (nSPS) is 11.4. The van der Waals surface area contributed by atoms with E-state index in [1.54, 1.807) is 48.5 Å². The summed E-state index contributed by atoms with van der Waals surface area (Å²) in [5.41, 5.74) is 1.26. The monoisotopic (exact) mass is 374 g/mol. The Hall–Kier alpha value is -3.00. The average Bonchev–Trinajstić information content (AvgIpc) is 3.07. The summed E-state index contributed by atoms with van der Waals surface area (Å²) in [4.78, 5) is 10.9. The number of rotatable bonds is 6. The van der Waals surface area contributed by atoms with Gasteiger partial charge in [-0.3, -0.25) is 0 Å². The highest BCUT2D eigenvalue weighted by atomic mass is 32.2. The number of benzene rings is 2. The van der Waals surface area contributed by atoms with Crippen molar-refractivity contribution in [3.8, 4) is 5.75 Å². The van der Waals surface area contributed by atoms with E-state index in [0.717, 1.165) is 5.56 Å². The molecule has 0 saturated heterocycles. The molecule has 0 aliphatic carbocycles. The minimum Gasteiger partial charge on any atom is -0.496 e.